The molecule has 0 heterocycles. The highest BCUT2D eigenvalue weighted by Crippen LogP contribution is 2.43. The Morgan fingerprint density at radius 1 is 1.62 bits per heavy atom. The Morgan fingerprint density at radius 2 is 2.23 bits per heavy atom. The van der Waals surface area contributed by atoms with Crippen LogP contribution in [-0.4, -0.2) is 30.0 Å². The topological polar surface area (TPSA) is 35.5 Å². The van der Waals surface area contributed by atoms with Crippen molar-refractivity contribution in [3.8, 4) is 0 Å². The van der Waals surface area contributed by atoms with Gasteiger partial charge in [0.1, 0.15) is 0 Å². The van der Waals surface area contributed by atoms with Crippen LogP contribution in [0.5, 0.6) is 0 Å². The molecule has 3 nitrogen and oxygen atoms in total. The van der Waals surface area contributed by atoms with E-state index >= 15 is 0 Å². The van der Waals surface area contributed by atoms with Gasteiger partial charge < -0.3 is 9.05 Å². The van der Waals surface area contributed by atoms with Crippen LogP contribution in [0, 0.1) is 0 Å². The van der Waals surface area contributed by atoms with Gasteiger partial charge >= 0.3 is 7.60 Å². The van der Waals surface area contributed by atoms with Gasteiger partial charge in [-0.2, -0.15) is 0 Å². The first-order valence-corrected chi connectivity index (χ1v) is 7.72. The average Bonchev–Trinajstić information content (AvgIpc) is 2.11. The fraction of sp³-hybridized carbons (Fsp3) is 0.714. The first kappa shape index (κ1) is 13.8. The molecule has 2 atom stereocenters. The van der Waals surface area contributed by atoms with Gasteiger partial charge in [-0.05, 0) is 0 Å². The summed E-state index contributed by atoms with van der Waals surface area (Å²) in [6, 6.07) is 0. The average molecular weight is 336 g/mol. The number of hydrogen-bond donors (Lipinski definition) is 0. The highest BCUT2D eigenvalue weighted by molar-refractivity contribution is 9.12. The Morgan fingerprint density at radius 3 is 2.69 bits per heavy atom. The maximum Gasteiger partial charge on any atom is 0.327 e. The third-order valence-corrected chi connectivity index (χ3v) is 4.56. The van der Waals surface area contributed by atoms with E-state index in [2.05, 4.69) is 38.4 Å². The lowest BCUT2D eigenvalue weighted by Gasteiger charge is -2.14. The molecule has 0 saturated carbocycles. The zero-order valence-corrected chi connectivity index (χ0v) is 11.5. The van der Waals surface area contributed by atoms with Crippen LogP contribution in [0.25, 0.3) is 0 Å². The molecule has 0 aromatic carbocycles. The maximum absolute atomic E-state index is 11.5. The summed E-state index contributed by atoms with van der Waals surface area (Å²) in [6.45, 7) is 5.51. The first-order chi connectivity index (χ1) is 6.02. The van der Waals surface area contributed by atoms with E-state index < -0.39 is 7.60 Å². The highest BCUT2D eigenvalue weighted by atomic mass is 79.9. The van der Waals surface area contributed by atoms with E-state index in [1.165, 1.54) is 12.7 Å². The Kier molecular flexibility index (Phi) is 7.65. The van der Waals surface area contributed by atoms with Crippen LogP contribution >= 0.6 is 39.5 Å². The Bertz CT molecular complexity index is 198. The Balaban J connectivity index is 3.74. The Hall–Kier alpha value is 0.850. The van der Waals surface area contributed by atoms with Crippen molar-refractivity contribution in [1.82, 2.24) is 0 Å². The van der Waals surface area contributed by atoms with E-state index in [0.29, 0.717) is 6.61 Å². The minimum absolute atomic E-state index is 0.146. The van der Waals surface area contributed by atoms with E-state index in [1.807, 2.05) is 0 Å². The molecule has 0 bridgehead atoms. The zero-order valence-electron chi connectivity index (χ0n) is 7.41. The normalized spacial score (nSPS) is 17.8. The summed E-state index contributed by atoms with van der Waals surface area (Å²) in [6.07, 6.45) is 1.54. The van der Waals surface area contributed by atoms with Crippen molar-refractivity contribution in [2.75, 3.05) is 25.2 Å². The van der Waals surface area contributed by atoms with Gasteiger partial charge in [-0.25, -0.2) is 0 Å². The van der Waals surface area contributed by atoms with Crippen molar-refractivity contribution in [3.63, 3.8) is 0 Å². The predicted molar refractivity (Wildman–Crippen MR) is 62.1 cm³/mol. The van der Waals surface area contributed by atoms with Crippen molar-refractivity contribution < 1.29 is 13.6 Å². The minimum atomic E-state index is -2.90. The van der Waals surface area contributed by atoms with E-state index in [4.69, 9.17) is 9.05 Å². The van der Waals surface area contributed by atoms with Crippen LogP contribution in [0.4, 0.5) is 0 Å². The van der Waals surface area contributed by atoms with E-state index in [0.717, 1.165) is 5.33 Å². The number of alkyl halides is 2. The second-order valence-corrected chi connectivity index (χ2v) is 6.40. The molecule has 0 spiro atoms. The third kappa shape index (κ3) is 7.89. The molecule has 0 aliphatic carbocycles. The lowest BCUT2D eigenvalue weighted by Crippen LogP contribution is -2.09. The van der Waals surface area contributed by atoms with Crippen molar-refractivity contribution in [1.29, 1.82) is 0 Å². The minimum Gasteiger partial charge on any atom is -0.308 e. The van der Waals surface area contributed by atoms with Crippen LogP contribution in [0.3, 0.4) is 0 Å². The smallest absolute Gasteiger partial charge is 0.308 e. The van der Waals surface area contributed by atoms with Gasteiger partial charge in [0.05, 0.1) is 13.2 Å². The molecule has 6 heteroatoms. The monoisotopic (exact) mass is 334 g/mol. The molecule has 0 radical (unpaired) electrons. The molecular formula is C7H13Br2O3P. The molecule has 13 heavy (non-hydrogen) atoms. The lowest BCUT2D eigenvalue weighted by atomic mass is 10.5. The molecule has 0 aromatic rings. The largest absolute Gasteiger partial charge is 0.327 e. The summed E-state index contributed by atoms with van der Waals surface area (Å²) >= 11 is 6.59. The summed E-state index contributed by atoms with van der Waals surface area (Å²) in [5.74, 6) is 0. The summed E-state index contributed by atoms with van der Waals surface area (Å²) in [4.78, 5) is 0.146. The lowest BCUT2D eigenvalue weighted by molar-refractivity contribution is 0.228. The fourth-order valence-corrected chi connectivity index (χ4v) is 1.91. The second-order valence-electron chi connectivity index (χ2n) is 2.40. The first-order valence-electron chi connectivity index (χ1n) is 3.69. The summed E-state index contributed by atoms with van der Waals surface area (Å²) in [5.41, 5.74) is 0. The van der Waals surface area contributed by atoms with Gasteiger partial charge in [-0.15, -0.1) is 6.58 Å². The van der Waals surface area contributed by atoms with Gasteiger partial charge in [-0.1, -0.05) is 37.9 Å². The van der Waals surface area contributed by atoms with Gasteiger partial charge in [0, 0.05) is 16.8 Å². The highest BCUT2D eigenvalue weighted by Gasteiger charge is 2.17. The zero-order chi connectivity index (χ0) is 10.3. The molecule has 0 rings (SSSR count). The molecule has 0 amide bonds. The van der Waals surface area contributed by atoms with Gasteiger partial charge in [0.15, 0.2) is 0 Å². The molecule has 0 aliphatic heterocycles. The van der Waals surface area contributed by atoms with Crippen LogP contribution in [-0.2, 0) is 13.6 Å². The third-order valence-electron chi connectivity index (χ3n) is 1.08. The van der Waals surface area contributed by atoms with Crippen molar-refractivity contribution in [3.05, 3.63) is 12.7 Å². The molecule has 0 saturated heterocycles. The second kappa shape index (κ2) is 7.18. The van der Waals surface area contributed by atoms with Crippen LogP contribution < -0.4 is 0 Å². The number of hydrogen-bond acceptors (Lipinski definition) is 3. The van der Waals surface area contributed by atoms with Crippen molar-refractivity contribution in [2.24, 2.45) is 0 Å². The van der Waals surface area contributed by atoms with Gasteiger partial charge in [0.2, 0.25) is 0 Å². The standard InChI is InChI=1S/C7H13Br2O3P/c1-3-4-11-13(2,10)12-6-7(9)5-8/h3,7H,1,4-6H2,2H3. The van der Waals surface area contributed by atoms with Crippen LogP contribution in [0.15, 0.2) is 12.7 Å². The molecule has 78 valence electrons. The van der Waals surface area contributed by atoms with E-state index in [9.17, 15) is 4.57 Å². The molecule has 0 aliphatic rings. The van der Waals surface area contributed by atoms with Gasteiger partial charge in [-0.3, -0.25) is 4.57 Å². The summed E-state index contributed by atoms with van der Waals surface area (Å²) in [7, 11) is -2.90. The molecule has 0 aromatic heterocycles. The Labute approximate surface area is 95.7 Å². The molecule has 0 fully saturated rings. The maximum atomic E-state index is 11.5. The quantitative estimate of drug-likeness (QED) is 0.407. The van der Waals surface area contributed by atoms with Crippen LogP contribution in [0.1, 0.15) is 0 Å². The summed E-state index contributed by atoms with van der Waals surface area (Å²) < 4.78 is 21.5. The van der Waals surface area contributed by atoms with Crippen molar-refractivity contribution >= 4 is 39.5 Å². The van der Waals surface area contributed by atoms with Crippen molar-refractivity contribution in [2.45, 2.75) is 4.83 Å². The molecule has 2 unspecified atom stereocenters. The predicted octanol–water partition coefficient (Wildman–Crippen LogP) is 3.19. The van der Waals surface area contributed by atoms with E-state index in [-0.39, 0.29) is 11.4 Å². The molecular weight excluding hydrogens is 323 g/mol. The van der Waals surface area contributed by atoms with E-state index in [1.54, 1.807) is 0 Å². The fourth-order valence-electron chi connectivity index (χ4n) is 0.486. The number of rotatable bonds is 7. The van der Waals surface area contributed by atoms with Crippen LogP contribution in [0.2, 0.25) is 0 Å². The number of halogens is 2. The van der Waals surface area contributed by atoms with Gasteiger partial charge in [0.25, 0.3) is 0 Å². The molecule has 0 N–H and O–H groups in total. The SMILES string of the molecule is C=CCOP(C)(=O)OCC(Br)CBr. The summed E-state index contributed by atoms with van der Waals surface area (Å²) in [5, 5.41) is 0.745.